The van der Waals surface area contributed by atoms with Crippen LogP contribution in [0.3, 0.4) is 0 Å². The second-order valence-corrected chi connectivity index (χ2v) is 4.24. The van der Waals surface area contributed by atoms with Crippen LogP contribution in [-0.4, -0.2) is 17.1 Å². The van der Waals surface area contributed by atoms with Crippen molar-refractivity contribution in [2.45, 2.75) is 0 Å². The number of para-hydroxylation sites is 1. The summed E-state index contributed by atoms with van der Waals surface area (Å²) in [4.78, 5) is 7.46. The van der Waals surface area contributed by atoms with E-state index in [9.17, 15) is 0 Å². The maximum absolute atomic E-state index is 5.69. The van der Waals surface area contributed by atoms with Gasteiger partial charge in [-0.1, -0.05) is 30.3 Å². The van der Waals surface area contributed by atoms with E-state index < -0.39 is 0 Å². The third-order valence-electron chi connectivity index (χ3n) is 2.87. The summed E-state index contributed by atoms with van der Waals surface area (Å²) in [6, 6.07) is 17.3. The number of imidazole rings is 1. The highest BCUT2D eigenvalue weighted by molar-refractivity contribution is 5.58. The van der Waals surface area contributed by atoms with Crippen molar-refractivity contribution in [3.8, 4) is 28.8 Å². The molecule has 0 aliphatic rings. The number of H-pyrrole nitrogens is 1. The predicted molar refractivity (Wildman–Crippen MR) is 77.1 cm³/mol. The Morgan fingerprint density at radius 2 is 1.75 bits per heavy atom. The highest BCUT2D eigenvalue weighted by Crippen LogP contribution is 2.25. The topological polar surface area (TPSA) is 47.1 Å². The van der Waals surface area contributed by atoms with E-state index >= 15 is 0 Å². The van der Waals surface area contributed by atoms with E-state index in [1.54, 1.807) is 13.3 Å². The number of aromatic amines is 1. The number of ether oxygens (including phenoxy) is 2. The molecule has 20 heavy (non-hydrogen) atoms. The van der Waals surface area contributed by atoms with Crippen molar-refractivity contribution in [1.29, 1.82) is 0 Å². The second-order valence-electron chi connectivity index (χ2n) is 4.24. The molecule has 100 valence electrons. The van der Waals surface area contributed by atoms with Crippen LogP contribution in [0.1, 0.15) is 0 Å². The highest BCUT2D eigenvalue weighted by Gasteiger charge is 2.06. The standard InChI is InChI=1S/C16H14N2O2/c1-19-14-9-5-6-12(10-14)16-17-11-15(18-16)20-13-7-3-2-4-8-13/h2-11H,1H3,(H,17,18). The number of methoxy groups -OCH3 is 1. The summed E-state index contributed by atoms with van der Waals surface area (Å²) in [6.07, 6.45) is 1.67. The van der Waals surface area contributed by atoms with Crippen LogP contribution in [0.2, 0.25) is 0 Å². The van der Waals surface area contributed by atoms with Gasteiger partial charge in [-0.05, 0) is 24.3 Å². The molecular formula is C16H14N2O2. The first-order valence-corrected chi connectivity index (χ1v) is 6.27. The lowest BCUT2D eigenvalue weighted by atomic mass is 10.2. The zero-order chi connectivity index (χ0) is 13.8. The Hall–Kier alpha value is -2.75. The molecule has 3 aromatic rings. The molecule has 0 radical (unpaired) electrons. The van der Waals surface area contributed by atoms with Gasteiger partial charge in [-0.15, -0.1) is 0 Å². The van der Waals surface area contributed by atoms with Crippen LogP contribution in [0.15, 0.2) is 60.8 Å². The third kappa shape index (κ3) is 2.64. The molecule has 0 amide bonds. The van der Waals surface area contributed by atoms with Crippen LogP contribution in [0.25, 0.3) is 11.4 Å². The van der Waals surface area contributed by atoms with Crippen molar-refractivity contribution in [2.75, 3.05) is 7.11 Å². The maximum Gasteiger partial charge on any atom is 0.217 e. The van der Waals surface area contributed by atoms with Crippen molar-refractivity contribution in [2.24, 2.45) is 0 Å². The monoisotopic (exact) mass is 266 g/mol. The lowest BCUT2D eigenvalue weighted by molar-refractivity contribution is 0.415. The minimum atomic E-state index is 0.606. The second kappa shape index (κ2) is 5.48. The van der Waals surface area contributed by atoms with Gasteiger partial charge in [0, 0.05) is 5.56 Å². The molecule has 2 aromatic carbocycles. The molecule has 0 spiro atoms. The van der Waals surface area contributed by atoms with Crippen LogP contribution in [-0.2, 0) is 0 Å². The molecule has 3 rings (SSSR count). The van der Waals surface area contributed by atoms with Crippen LogP contribution in [0, 0.1) is 0 Å². The van der Waals surface area contributed by atoms with Gasteiger partial charge in [0.2, 0.25) is 5.88 Å². The SMILES string of the molecule is COc1cccc(-c2ncc(Oc3ccccc3)[nH]2)c1. The molecule has 0 aliphatic carbocycles. The summed E-state index contributed by atoms with van der Waals surface area (Å²) in [7, 11) is 1.64. The van der Waals surface area contributed by atoms with Gasteiger partial charge in [-0.25, -0.2) is 4.98 Å². The molecule has 0 fully saturated rings. The van der Waals surface area contributed by atoms with Gasteiger partial charge in [0.05, 0.1) is 13.3 Å². The van der Waals surface area contributed by atoms with E-state index in [2.05, 4.69) is 9.97 Å². The van der Waals surface area contributed by atoms with Crippen molar-refractivity contribution >= 4 is 0 Å². The van der Waals surface area contributed by atoms with Crippen molar-refractivity contribution in [1.82, 2.24) is 9.97 Å². The number of aromatic nitrogens is 2. The quantitative estimate of drug-likeness (QED) is 0.779. The Morgan fingerprint density at radius 1 is 0.950 bits per heavy atom. The molecule has 4 heteroatoms. The number of rotatable bonds is 4. The fourth-order valence-corrected chi connectivity index (χ4v) is 1.89. The molecule has 1 heterocycles. The number of benzene rings is 2. The first kappa shape index (κ1) is 12.3. The Bertz CT molecular complexity index is 692. The van der Waals surface area contributed by atoms with E-state index in [0.717, 1.165) is 22.9 Å². The molecule has 0 bridgehead atoms. The van der Waals surface area contributed by atoms with Gasteiger partial charge in [-0.3, -0.25) is 0 Å². The molecule has 0 aliphatic heterocycles. The molecular weight excluding hydrogens is 252 g/mol. The molecule has 4 nitrogen and oxygen atoms in total. The van der Waals surface area contributed by atoms with E-state index in [4.69, 9.17) is 9.47 Å². The molecule has 0 unspecified atom stereocenters. The summed E-state index contributed by atoms with van der Waals surface area (Å²) < 4.78 is 10.9. The van der Waals surface area contributed by atoms with Gasteiger partial charge in [0.1, 0.15) is 17.3 Å². The van der Waals surface area contributed by atoms with Gasteiger partial charge >= 0.3 is 0 Å². The fourth-order valence-electron chi connectivity index (χ4n) is 1.89. The first-order valence-electron chi connectivity index (χ1n) is 6.27. The Balaban J connectivity index is 1.83. The van der Waals surface area contributed by atoms with Crippen LogP contribution in [0.5, 0.6) is 17.4 Å². The van der Waals surface area contributed by atoms with E-state index in [-0.39, 0.29) is 0 Å². The van der Waals surface area contributed by atoms with Crippen molar-refractivity contribution < 1.29 is 9.47 Å². The summed E-state index contributed by atoms with van der Waals surface area (Å²) in [5, 5.41) is 0. The first-order chi connectivity index (χ1) is 9.85. The minimum Gasteiger partial charge on any atom is -0.497 e. The van der Waals surface area contributed by atoms with Crippen LogP contribution >= 0.6 is 0 Å². The summed E-state index contributed by atoms with van der Waals surface area (Å²) >= 11 is 0. The summed E-state index contributed by atoms with van der Waals surface area (Å²) in [5.41, 5.74) is 0.951. The fraction of sp³-hybridized carbons (Fsp3) is 0.0625. The Kier molecular flexibility index (Phi) is 3.37. The van der Waals surface area contributed by atoms with Gasteiger partial charge in [-0.2, -0.15) is 0 Å². The minimum absolute atomic E-state index is 0.606. The van der Waals surface area contributed by atoms with Gasteiger partial charge in [0.15, 0.2) is 0 Å². The zero-order valence-electron chi connectivity index (χ0n) is 11.0. The molecule has 1 N–H and O–H groups in total. The molecule has 0 saturated carbocycles. The van der Waals surface area contributed by atoms with E-state index in [0.29, 0.717) is 5.88 Å². The lowest BCUT2D eigenvalue weighted by Gasteiger charge is -2.02. The van der Waals surface area contributed by atoms with Gasteiger partial charge in [0.25, 0.3) is 0 Å². The number of nitrogens with one attached hydrogen (secondary N) is 1. The van der Waals surface area contributed by atoms with E-state index in [1.165, 1.54) is 0 Å². The third-order valence-corrected chi connectivity index (χ3v) is 2.87. The van der Waals surface area contributed by atoms with Gasteiger partial charge < -0.3 is 14.5 Å². The normalized spacial score (nSPS) is 10.2. The van der Waals surface area contributed by atoms with E-state index in [1.807, 2.05) is 54.6 Å². The molecule has 1 aromatic heterocycles. The van der Waals surface area contributed by atoms with Crippen LogP contribution in [0.4, 0.5) is 0 Å². The highest BCUT2D eigenvalue weighted by atomic mass is 16.5. The number of nitrogens with zero attached hydrogens (tertiary/aromatic N) is 1. The average Bonchev–Trinajstić information content (AvgIpc) is 2.97. The smallest absolute Gasteiger partial charge is 0.217 e. The number of hydrogen-bond acceptors (Lipinski definition) is 3. The lowest BCUT2D eigenvalue weighted by Crippen LogP contribution is -1.86. The predicted octanol–water partition coefficient (Wildman–Crippen LogP) is 3.88. The number of hydrogen-bond donors (Lipinski definition) is 1. The van der Waals surface area contributed by atoms with Crippen LogP contribution < -0.4 is 9.47 Å². The maximum atomic E-state index is 5.69. The molecule has 0 saturated heterocycles. The Labute approximate surface area is 117 Å². The summed E-state index contributed by atoms with van der Waals surface area (Å²) in [5.74, 6) is 2.92. The average molecular weight is 266 g/mol. The van der Waals surface area contributed by atoms with Crippen molar-refractivity contribution in [3.05, 3.63) is 60.8 Å². The summed E-state index contributed by atoms with van der Waals surface area (Å²) in [6.45, 7) is 0. The Morgan fingerprint density at radius 3 is 2.55 bits per heavy atom. The largest absolute Gasteiger partial charge is 0.497 e. The van der Waals surface area contributed by atoms with Crippen molar-refractivity contribution in [3.63, 3.8) is 0 Å². The zero-order valence-corrected chi connectivity index (χ0v) is 11.0. The molecule has 0 atom stereocenters.